The zero-order valence-electron chi connectivity index (χ0n) is 17.8. The van der Waals surface area contributed by atoms with Crippen molar-refractivity contribution in [3.05, 3.63) is 94.7 Å². The Balaban J connectivity index is 1.47. The topological polar surface area (TPSA) is 84.9 Å². The van der Waals surface area contributed by atoms with Crippen LogP contribution in [0.4, 0.5) is 11.4 Å². The number of nitrogens with zero attached hydrogens (tertiary/aromatic N) is 1. The maximum Gasteiger partial charge on any atom is 0.343 e. The molecule has 166 valence electrons. The van der Waals surface area contributed by atoms with Gasteiger partial charge in [0.1, 0.15) is 22.2 Å². The molecule has 1 N–H and O–H groups in total. The Morgan fingerprint density at radius 2 is 1.61 bits per heavy atom. The molecule has 0 radical (unpaired) electrons. The molecular weight excluding hydrogens is 444 g/mol. The minimum Gasteiger partial charge on any atom is -0.497 e. The number of ether oxygens (including phenoxy) is 2. The molecule has 33 heavy (non-hydrogen) atoms. The molecule has 1 aliphatic rings. The van der Waals surface area contributed by atoms with Crippen LogP contribution in [-0.4, -0.2) is 24.9 Å². The molecule has 0 spiro atoms. The molecule has 0 aromatic heterocycles. The van der Waals surface area contributed by atoms with E-state index in [0.717, 1.165) is 10.5 Å². The Morgan fingerprint density at radius 3 is 2.30 bits per heavy atom. The Morgan fingerprint density at radius 1 is 0.909 bits per heavy atom. The van der Waals surface area contributed by atoms with Crippen molar-refractivity contribution in [2.24, 2.45) is 0 Å². The molecule has 3 aromatic carbocycles. The molecule has 0 saturated heterocycles. The standard InChI is InChI=1S/C25H19ClN2O5/c1-15-5-3-6-18(13-15)28-23(29)21(26)22(24(28)30)27-17-11-9-16(10-12-17)25(31)33-20-8-4-7-19(14-20)32-2/h3-14,27H,1-2H3. The molecule has 0 unspecified atom stereocenters. The van der Waals surface area contributed by atoms with E-state index in [0.29, 0.717) is 28.4 Å². The third kappa shape index (κ3) is 4.58. The summed E-state index contributed by atoms with van der Waals surface area (Å²) in [5.41, 5.74) is 2.10. The van der Waals surface area contributed by atoms with Gasteiger partial charge in [-0.2, -0.15) is 0 Å². The first-order valence-electron chi connectivity index (χ1n) is 9.96. The first kappa shape index (κ1) is 22.1. The molecule has 8 heteroatoms. The van der Waals surface area contributed by atoms with Crippen LogP contribution in [0.15, 0.2) is 83.5 Å². The summed E-state index contributed by atoms with van der Waals surface area (Å²) in [5.74, 6) is -0.791. The molecule has 7 nitrogen and oxygen atoms in total. The lowest BCUT2D eigenvalue weighted by Crippen LogP contribution is -2.32. The van der Waals surface area contributed by atoms with Crippen molar-refractivity contribution in [2.45, 2.75) is 6.92 Å². The maximum absolute atomic E-state index is 12.9. The number of methoxy groups -OCH3 is 1. The highest BCUT2D eigenvalue weighted by molar-refractivity contribution is 6.53. The Labute approximate surface area is 195 Å². The number of esters is 1. The second kappa shape index (κ2) is 9.18. The third-order valence-corrected chi connectivity index (χ3v) is 5.28. The first-order chi connectivity index (χ1) is 15.9. The van der Waals surface area contributed by atoms with E-state index in [1.807, 2.05) is 13.0 Å². The molecule has 0 saturated carbocycles. The van der Waals surface area contributed by atoms with Gasteiger partial charge in [-0.3, -0.25) is 9.59 Å². The molecule has 0 aliphatic carbocycles. The van der Waals surface area contributed by atoms with Crippen molar-refractivity contribution < 1.29 is 23.9 Å². The smallest absolute Gasteiger partial charge is 0.343 e. The van der Waals surface area contributed by atoms with Crippen molar-refractivity contribution in [1.82, 2.24) is 0 Å². The third-order valence-electron chi connectivity index (χ3n) is 4.93. The van der Waals surface area contributed by atoms with Gasteiger partial charge < -0.3 is 14.8 Å². The summed E-state index contributed by atoms with van der Waals surface area (Å²) in [4.78, 5) is 38.9. The van der Waals surface area contributed by atoms with Crippen LogP contribution in [0.25, 0.3) is 0 Å². The van der Waals surface area contributed by atoms with E-state index < -0.39 is 17.8 Å². The largest absolute Gasteiger partial charge is 0.497 e. The number of hydrogen-bond acceptors (Lipinski definition) is 6. The zero-order chi connectivity index (χ0) is 23.5. The lowest BCUT2D eigenvalue weighted by molar-refractivity contribution is -0.120. The van der Waals surface area contributed by atoms with E-state index in [1.165, 1.54) is 7.11 Å². The molecule has 0 fully saturated rings. The number of nitrogens with one attached hydrogen (secondary N) is 1. The summed E-state index contributed by atoms with van der Waals surface area (Å²) in [5, 5.41) is 2.68. The Kier molecular flexibility index (Phi) is 6.15. The van der Waals surface area contributed by atoms with Gasteiger partial charge in [0.25, 0.3) is 11.8 Å². The summed E-state index contributed by atoms with van der Waals surface area (Å²) >= 11 is 6.18. The number of hydrogen-bond donors (Lipinski definition) is 1. The van der Waals surface area contributed by atoms with Gasteiger partial charge in [0.2, 0.25) is 0 Å². The minimum absolute atomic E-state index is 0.0325. The lowest BCUT2D eigenvalue weighted by atomic mass is 10.2. The van der Waals surface area contributed by atoms with E-state index in [2.05, 4.69) is 5.32 Å². The summed E-state index contributed by atoms with van der Waals surface area (Å²) in [6.07, 6.45) is 0. The lowest BCUT2D eigenvalue weighted by Gasteiger charge is -2.15. The quantitative estimate of drug-likeness (QED) is 0.326. The van der Waals surface area contributed by atoms with Crippen molar-refractivity contribution >= 4 is 40.8 Å². The van der Waals surface area contributed by atoms with E-state index in [4.69, 9.17) is 21.1 Å². The fraction of sp³-hybridized carbons (Fsp3) is 0.0800. The Bertz CT molecular complexity index is 1280. The van der Waals surface area contributed by atoms with Crippen LogP contribution >= 0.6 is 11.6 Å². The molecular formula is C25H19ClN2O5. The highest BCUT2D eigenvalue weighted by atomic mass is 35.5. The fourth-order valence-electron chi connectivity index (χ4n) is 3.28. The molecule has 2 amide bonds. The number of aryl methyl sites for hydroxylation is 1. The summed E-state index contributed by atoms with van der Waals surface area (Å²) in [7, 11) is 1.52. The van der Waals surface area contributed by atoms with Crippen LogP contribution in [0, 0.1) is 6.92 Å². The number of halogens is 1. The van der Waals surface area contributed by atoms with Gasteiger partial charge in [-0.15, -0.1) is 0 Å². The van der Waals surface area contributed by atoms with E-state index in [9.17, 15) is 14.4 Å². The van der Waals surface area contributed by atoms with E-state index in [-0.39, 0.29) is 10.7 Å². The predicted octanol–water partition coefficient (Wildman–Crippen LogP) is 4.66. The van der Waals surface area contributed by atoms with Crippen LogP contribution in [0.3, 0.4) is 0 Å². The van der Waals surface area contributed by atoms with Gasteiger partial charge in [-0.05, 0) is 61.0 Å². The van der Waals surface area contributed by atoms with Crippen molar-refractivity contribution in [3.8, 4) is 11.5 Å². The molecule has 1 aliphatic heterocycles. The predicted molar refractivity (Wildman–Crippen MR) is 125 cm³/mol. The number of benzene rings is 3. The maximum atomic E-state index is 12.9. The number of imide groups is 1. The fourth-order valence-corrected chi connectivity index (χ4v) is 3.49. The van der Waals surface area contributed by atoms with Gasteiger partial charge in [0, 0.05) is 11.8 Å². The second-order valence-electron chi connectivity index (χ2n) is 7.24. The summed E-state index contributed by atoms with van der Waals surface area (Å²) in [6.45, 7) is 1.86. The van der Waals surface area contributed by atoms with Crippen LogP contribution < -0.4 is 19.7 Å². The minimum atomic E-state index is -0.603. The van der Waals surface area contributed by atoms with Crippen LogP contribution in [0.2, 0.25) is 0 Å². The van der Waals surface area contributed by atoms with Gasteiger partial charge in [-0.1, -0.05) is 29.8 Å². The molecule has 0 atom stereocenters. The van der Waals surface area contributed by atoms with Gasteiger partial charge in [0.15, 0.2) is 0 Å². The first-order valence-corrected chi connectivity index (χ1v) is 10.3. The Hall–Kier alpha value is -4.10. The second-order valence-corrected chi connectivity index (χ2v) is 7.62. The highest BCUT2D eigenvalue weighted by Gasteiger charge is 2.39. The monoisotopic (exact) mass is 462 g/mol. The molecule has 4 rings (SSSR count). The average Bonchev–Trinajstić information content (AvgIpc) is 3.02. The van der Waals surface area contributed by atoms with E-state index >= 15 is 0 Å². The number of anilines is 2. The zero-order valence-corrected chi connectivity index (χ0v) is 18.6. The normalized spacial score (nSPS) is 13.4. The number of carbonyl (C=O) groups is 3. The summed E-state index contributed by atoms with van der Waals surface area (Å²) < 4.78 is 10.5. The van der Waals surface area contributed by atoms with Crippen molar-refractivity contribution in [3.63, 3.8) is 0 Å². The van der Waals surface area contributed by atoms with Crippen LogP contribution in [-0.2, 0) is 9.59 Å². The summed E-state index contributed by atoms with van der Waals surface area (Å²) in [6, 6.07) is 20.0. The van der Waals surface area contributed by atoms with E-state index in [1.54, 1.807) is 66.7 Å². The van der Waals surface area contributed by atoms with Gasteiger partial charge in [-0.25, -0.2) is 9.69 Å². The average molecular weight is 463 g/mol. The van der Waals surface area contributed by atoms with Gasteiger partial charge in [0.05, 0.1) is 18.4 Å². The molecule has 1 heterocycles. The number of carbonyl (C=O) groups excluding carboxylic acids is 3. The number of amides is 2. The number of rotatable bonds is 6. The van der Waals surface area contributed by atoms with Gasteiger partial charge >= 0.3 is 5.97 Å². The highest BCUT2D eigenvalue weighted by Crippen LogP contribution is 2.30. The molecule has 3 aromatic rings. The van der Waals surface area contributed by atoms with Crippen LogP contribution in [0.1, 0.15) is 15.9 Å². The molecule has 0 bridgehead atoms. The van der Waals surface area contributed by atoms with Crippen molar-refractivity contribution in [1.29, 1.82) is 0 Å². The SMILES string of the molecule is COc1cccc(OC(=O)c2ccc(NC3=C(Cl)C(=O)N(c4cccc(C)c4)C3=O)cc2)c1. The van der Waals surface area contributed by atoms with Crippen LogP contribution in [0.5, 0.6) is 11.5 Å². The van der Waals surface area contributed by atoms with Crippen molar-refractivity contribution in [2.75, 3.05) is 17.3 Å².